The van der Waals surface area contributed by atoms with Gasteiger partial charge < -0.3 is 4.74 Å². The van der Waals surface area contributed by atoms with E-state index >= 15 is 0 Å². The average molecular weight is 171 g/mol. The van der Waals surface area contributed by atoms with Gasteiger partial charge in [-0.25, -0.2) is 0 Å². The van der Waals surface area contributed by atoms with Crippen molar-refractivity contribution in [1.82, 2.24) is 0 Å². The molecule has 0 fully saturated rings. The van der Waals surface area contributed by atoms with Gasteiger partial charge in [0.25, 0.3) is 0 Å². The SMILES string of the molecule is [CH2]C(CC(CC)CCCC)OC. The van der Waals surface area contributed by atoms with Gasteiger partial charge >= 0.3 is 0 Å². The van der Waals surface area contributed by atoms with Gasteiger partial charge in [0.1, 0.15) is 0 Å². The maximum atomic E-state index is 5.15. The van der Waals surface area contributed by atoms with Crippen molar-refractivity contribution < 1.29 is 4.74 Å². The fourth-order valence-electron chi connectivity index (χ4n) is 1.45. The van der Waals surface area contributed by atoms with Crippen LogP contribution in [0.2, 0.25) is 0 Å². The second-order valence-electron chi connectivity index (χ2n) is 3.51. The molecular weight excluding hydrogens is 148 g/mol. The molecule has 0 N–H and O–H groups in total. The van der Waals surface area contributed by atoms with E-state index < -0.39 is 0 Å². The van der Waals surface area contributed by atoms with Gasteiger partial charge in [-0.05, 0) is 19.3 Å². The average Bonchev–Trinajstić information content (AvgIpc) is 2.11. The third-order valence-corrected chi connectivity index (χ3v) is 2.47. The van der Waals surface area contributed by atoms with Gasteiger partial charge in [-0.2, -0.15) is 0 Å². The van der Waals surface area contributed by atoms with Crippen LogP contribution in [0.15, 0.2) is 0 Å². The Kier molecular flexibility index (Phi) is 7.58. The Bertz CT molecular complexity index is 91.0. The Morgan fingerprint density at radius 3 is 2.42 bits per heavy atom. The molecule has 0 spiro atoms. The monoisotopic (exact) mass is 171 g/mol. The fourth-order valence-corrected chi connectivity index (χ4v) is 1.45. The Morgan fingerprint density at radius 2 is 2.00 bits per heavy atom. The van der Waals surface area contributed by atoms with E-state index in [0.29, 0.717) is 0 Å². The summed E-state index contributed by atoms with van der Waals surface area (Å²) in [6, 6.07) is 0. The van der Waals surface area contributed by atoms with Crippen LogP contribution in [0.3, 0.4) is 0 Å². The van der Waals surface area contributed by atoms with Gasteiger partial charge in [0, 0.05) is 7.11 Å². The second-order valence-corrected chi connectivity index (χ2v) is 3.51. The zero-order valence-electron chi connectivity index (χ0n) is 8.81. The summed E-state index contributed by atoms with van der Waals surface area (Å²) >= 11 is 0. The number of hydrogen-bond donors (Lipinski definition) is 0. The number of rotatable bonds is 7. The van der Waals surface area contributed by atoms with E-state index in [2.05, 4.69) is 20.8 Å². The summed E-state index contributed by atoms with van der Waals surface area (Å²) in [6.07, 6.45) is 6.54. The Labute approximate surface area is 77.5 Å². The maximum Gasteiger partial charge on any atom is 0.0575 e. The van der Waals surface area contributed by atoms with Crippen LogP contribution in [0.1, 0.15) is 46.0 Å². The lowest BCUT2D eigenvalue weighted by Crippen LogP contribution is -2.12. The summed E-state index contributed by atoms with van der Waals surface area (Å²) < 4.78 is 5.15. The van der Waals surface area contributed by atoms with Crippen LogP contribution in [-0.4, -0.2) is 13.2 Å². The molecule has 12 heavy (non-hydrogen) atoms. The van der Waals surface area contributed by atoms with E-state index in [9.17, 15) is 0 Å². The molecule has 0 bridgehead atoms. The summed E-state index contributed by atoms with van der Waals surface area (Å²) in [5, 5.41) is 0. The highest BCUT2D eigenvalue weighted by molar-refractivity contribution is 4.66. The van der Waals surface area contributed by atoms with Crippen molar-refractivity contribution in [3.63, 3.8) is 0 Å². The smallest absolute Gasteiger partial charge is 0.0575 e. The molecule has 0 amide bonds. The summed E-state index contributed by atoms with van der Waals surface area (Å²) in [5.74, 6) is 0.812. The van der Waals surface area contributed by atoms with Crippen LogP contribution in [-0.2, 0) is 4.74 Å². The third kappa shape index (κ3) is 5.59. The minimum absolute atomic E-state index is 0.187. The number of ether oxygens (including phenoxy) is 1. The lowest BCUT2D eigenvalue weighted by atomic mass is 9.94. The highest BCUT2D eigenvalue weighted by Crippen LogP contribution is 2.19. The van der Waals surface area contributed by atoms with Crippen LogP contribution in [0, 0.1) is 12.8 Å². The molecule has 0 aromatic heterocycles. The molecule has 73 valence electrons. The predicted molar refractivity (Wildman–Crippen MR) is 54.1 cm³/mol. The first-order valence-electron chi connectivity index (χ1n) is 5.10. The van der Waals surface area contributed by atoms with Gasteiger partial charge in [0.05, 0.1) is 6.10 Å². The highest BCUT2D eigenvalue weighted by Gasteiger charge is 2.09. The lowest BCUT2D eigenvalue weighted by Gasteiger charge is -2.18. The first kappa shape index (κ1) is 12.0. The van der Waals surface area contributed by atoms with Crippen LogP contribution < -0.4 is 0 Å². The fraction of sp³-hybridized carbons (Fsp3) is 0.909. The van der Waals surface area contributed by atoms with Gasteiger partial charge in [-0.1, -0.05) is 39.5 Å². The molecule has 1 heteroatoms. The van der Waals surface area contributed by atoms with Crippen molar-refractivity contribution in [2.24, 2.45) is 5.92 Å². The first-order chi connectivity index (χ1) is 5.74. The van der Waals surface area contributed by atoms with Gasteiger partial charge in [-0.15, -0.1) is 0 Å². The van der Waals surface area contributed by atoms with Crippen molar-refractivity contribution >= 4 is 0 Å². The minimum Gasteiger partial charge on any atom is -0.381 e. The summed E-state index contributed by atoms with van der Waals surface area (Å²) in [4.78, 5) is 0. The molecule has 0 aliphatic heterocycles. The molecule has 0 heterocycles. The molecule has 1 radical (unpaired) electrons. The van der Waals surface area contributed by atoms with Gasteiger partial charge in [0.15, 0.2) is 0 Å². The predicted octanol–water partition coefficient (Wildman–Crippen LogP) is 3.44. The van der Waals surface area contributed by atoms with Crippen molar-refractivity contribution in [3.05, 3.63) is 6.92 Å². The van der Waals surface area contributed by atoms with Gasteiger partial charge in [-0.3, -0.25) is 0 Å². The van der Waals surface area contributed by atoms with Crippen LogP contribution in [0.4, 0.5) is 0 Å². The molecule has 0 aromatic carbocycles. The topological polar surface area (TPSA) is 9.23 Å². The molecule has 2 unspecified atom stereocenters. The van der Waals surface area contributed by atoms with Crippen molar-refractivity contribution in [1.29, 1.82) is 0 Å². The molecular formula is C11H23O. The van der Waals surface area contributed by atoms with Crippen LogP contribution in [0.25, 0.3) is 0 Å². The molecule has 0 saturated carbocycles. The van der Waals surface area contributed by atoms with E-state index in [1.54, 1.807) is 7.11 Å². The van der Waals surface area contributed by atoms with Crippen LogP contribution >= 0.6 is 0 Å². The first-order valence-corrected chi connectivity index (χ1v) is 5.10. The molecule has 0 aliphatic carbocycles. The normalized spacial score (nSPS) is 16.0. The number of methoxy groups -OCH3 is 1. The summed E-state index contributed by atoms with van der Waals surface area (Å²) in [5.41, 5.74) is 0. The lowest BCUT2D eigenvalue weighted by molar-refractivity contribution is 0.112. The zero-order chi connectivity index (χ0) is 9.40. The van der Waals surface area contributed by atoms with E-state index in [-0.39, 0.29) is 6.10 Å². The largest absolute Gasteiger partial charge is 0.381 e. The molecule has 2 atom stereocenters. The zero-order valence-corrected chi connectivity index (χ0v) is 8.81. The van der Waals surface area contributed by atoms with Crippen molar-refractivity contribution in [2.45, 2.75) is 52.1 Å². The Hall–Kier alpha value is -0.0400. The van der Waals surface area contributed by atoms with Gasteiger partial charge in [0.2, 0.25) is 0 Å². The molecule has 0 aromatic rings. The van der Waals surface area contributed by atoms with Crippen LogP contribution in [0.5, 0.6) is 0 Å². The molecule has 1 nitrogen and oxygen atoms in total. The second kappa shape index (κ2) is 7.60. The quantitative estimate of drug-likeness (QED) is 0.570. The third-order valence-electron chi connectivity index (χ3n) is 2.47. The van der Waals surface area contributed by atoms with E-state index in [0.717, 1.165) is 12.3 Å². The standard InChI is InChI=1S/C11H23O/c1-5-7-8-11(6-2)9-10(3)12-4/h10-11H,3,5-9H2,1-2,4H3. The highest BCUT2D eigenvalue weighted by atomic mass is 16.5. The Balaban J connectivity index is 3.51. The van der Waals surface area contributed by atoms with E-state index in [1.165, 1.54) is 25.7 Å². The molecule has 0 saturated heterocycles. The summed E-state index contributed by atoms with van der Waals surface area (Å²) in [7, 11) is 1.74. The molecule has 0 rings (SSSR count). The van der Waals surface area contributed by atoms with E-state index in [4.69, 9.17) is 4.74 Å². The van der Waals surface area contributed by atoms with Crippen molar-refractivity contribution in [2.75, 3.05) is 7.11 Å². The molecule has 0 aliphatic rings. The Morgan fingerprint density at radius 1 is 1.33 bits per heavy atom. The maximum absolute atomic E-state index is 5.15. The van der Waals surface area contributed by atoms with E-state index in [1.807, 2.05) is 0 Å². The summed E-state index contributed by atoms with van der Waals surface area (Å²) in [6.45, 7) is 8.42. The number of hydrogen-bond acceptors (Lipinski definition) is 1. The minimum atomic E-state index is 0.187. The van der Waals surface area contributed by atoms with Crippen molar-refractivity contribution in [3.8, 4) is 0 Å². The number of unbranched alkanes of at least 4 members (excludes halogenated alkanes) is 1.